The van der Waals surface area contributed by atoms with E-state index >= 15 is 0 Å². The molecule has 3 rings (SSSR count). The Morgan fingerprint density at radius 2 is 2.08 bits per heavy atom. The molecule has 0 spiro atoms. The molecule has 2 unspecified atom stereocenters. The predicted molar refractivity (Wildman–Crippen MR) is 47.1 cm³/mol. The number of rotatable bonds is 3. The zero-order valence-electron chi connectivity index (χ0n) is 7.57. The molecule has 0 amide bonds. The highest BCUT2D eigenvalue weighted by atomic mass is 16.1. The Bertz CT molecular complexity index is 171. The van der Waals surface area contributed by atoms with Crippen molar-refractivity contribution >= 4 is 6.29 Å². The van der Waals surface area contributed by atoms with Gasteiger partial charge in [-0.05, 0) is 13.5 Å². The molecule has 2 atom stereocenters. The van der Waals surface area contributed by atoms with E-state index in [0.29, 0.717) is 6.42 Å². The van der Waals surface area contributed by atoms with E-state index in [2.05, 4.69) is 16.8 Å². The third-order valence-corrected chi connectivity index (χ3v) is 3.20. The smallest absolute Gasteiger partial charge is 0.121 e. The minimum atomic E-state index is 0.698. The summed E-state index contributed by atoms with van der Waals surface area (Å²) in [5.41, 5.74) is 0. The van der Waals surface area contributed by atoms with Crippen molar-refractivity contribution in [2.75, 3.05) is 26.7 Å². The van der Waals surface area contributed by atoms with Gasteiger partial charge in [-0.15, -0.1) is 0 Å². The predicted octanol–water partition coefficient (Wildman–Crippen LogP) is -0.0363. The Morgan fingerprint density at radius 1 is 1.42 bits per heavy atom. The third-order valence-electron chi connectivity index (χ3n) is 3.20. The van der Waals surface area contributed by atoms with E-state index in [1.54, 1.807) is 0 Å². The second-order valence-electron chi connectivity index (χ2n) is 3.92. The van der Waals surface area contributed by atoms with Crippen molar-refractivity contribution in [1.29, 1.82) is 0 Å². The van der Waals surface area contributed by atoms with Gasteiger partial charge >= 0.3 is 0 Å². The lowest BCUT2D eigenvalue weighted by Gasteiger charge is -2.54. The highest BCUT2D eigenvalue weighted by Crippen LogP contribution is 2.29. The van der Waals surface area contributed by atoms with E-state index in [1.165, 1.54) is 19.5 Å². The highest BCUT2D eigenvalue weighted by Gasteiger charge is 2.41. The first-order valence-corrected chi connectivity index (χ1v) is 4.69. The lowest BCUT2D eigenvalue weighted by molar-refractivity contribution is -0.109. The number of aldehydes is 1. The van der Waals surface area contributed by atoms with Gasteiger partial charge in [-0.25, -0.2) is 0 Å². The fraction of sp³-hybridized carbons (Fsp3) is 0.889. The van der Waals surface area contributed by atoms with Gasteiger partial charge in [-0.1, -0.05) is 0 Å². The van der Waals surface area contributed by atoms with Gasteiger partial charge in [0.15, 0.2) is 0 Å². The van der Waals surface area contributed by atoms with Crippen molar-refractivity contribution in [2.45, 2.75) is 24.9 Å². The van der Waals surface area contributed by atoms with Gasteiger partial charge < -0.3 is 4.79 Å². The van der Waals surface area contributed by atoms with Crippen LogP contribution in [0.5, 0.6) is 0 Å². The molecule has 3 aliphatic rings. The van der Waals surface area contributed by atoms with Crippen LogP contribution in [0.25, 0.3) is 0 Å². The second kappa shape index (κ2) is 3.15. The van der Waals surface area contributed by atoms with Gasteiger partial charge in [0.2, 0.25) is 0 Å². The molecule has 0 aromatic carbocycles. The molecule has 0 aromatic heterocycles. The van der Waals surface area contributed by atoms with Crippen LogP contribution >= 0.6 is 0 Å². The van der Waals surface area contributed by atoms with Crippen molar-refractivity contribution in [1.82, 2.24) is 9.80 Å². The van der Waals surface area contributed by atoms with E-state index in [1.807, 2.05) is 0 Å². The summed E-state index contributed by atoms with van der Waals surface area (Å²) in [6.07, 6.45) is 3.08. The molecule has 0 saturated carbocycles. The van der Waals surface area contributed by atoms with Gasteiger partial charge in [-0.2, -0.15) is 0 Å². The number of hydrogen-bond acceptors (Lipinski definition) is 3. The minimum absolute atomic E-state index is 0.698. The molecule has 3 saturated heterocycles. The Hall–Kier alpha value is -0.410. The topological polar surface area (TPSA) is 23.6 Å². The summed E-state index contributed by atoms with van der Waals surface area (Å²) in [6.45, 7) is 3.30. The third kappa shape index (κ3) is 1.27. The van der Waals surface area contributed by atoms with Crippen LogP contribution in [-0.4, -0.2) is 54.9 Å². The maximum absolute atomic E-state index is 10.2. The van der Waals surface area contributed by atoms with Crippen molar-refractivity contribution in [3.63, 3.8) is 0 Å². The van der Waals surface area contributed by atoms with E-state index in [-0.39, 0.29) is 0 Å². The maximum Gasteiger partial charge on any atom is 0.121 e. The standard InChI is InChI=1S/C9H16N2O/c1-10-8-5-9(10)7-11(6-8)3-2-4-12/h4,8-9H,2-3,5-7H2,1H3. The Labute approximate surface area is 73.3 Å². The fourth-order valence-corrected chi connectivity index (χ4v) is 2.30. The van der Waals surface area contributed by atoms with Gasteiger partial charge in [0.05, 0.1) is 0 Å². The lowest BCUT2D eigenvalue weighted by atomic mass is 9.88. The summed E-state index contributed by atoms with van der Waals surface area (Å²) in [7, 11) is 2.20. The molecule has 3 nitrogen and oxygen atoms in total. The van der Waals surface area contributed by atoms with Crippen LogP contribution in [0.3, 0.4) is 0 Å². The van der Waals surface area contributed by atoms with Crippen molar-refractivity contribution in [3.05, 3.63) is 0 Å². The summed E-state index contributed by atoms with van der Waals surface area (Å²) < 4.78 is 0. The van der Waals surface area contributed by atoms with Crippen LogP contribution in [-0.2, 0) is 4.79 Å². The molecule has 12 heavy (non-hydrogen) atoms. The SMILES string of the molecule is CN1C2CC1CN(CCC=O)C2. The van der Waals surface area contributed by atoms with Gasteiger partial charge in [0.1, 0.15) is 6.29 Å². The van der Waals surface area contributed by atoms with Crippen LogP contribution in [0.15, 0.2) is 0 Å². The molecule has 0 N–H and O–H groups in total. The van der Waals surface area contributed by atoms with E-state index in [0.717, 1.165) is 24.9 Å². The average molecular weight is 168 g/mol. The maximum atomic E-state index is 10.2. The molecule has 3 heterocycles. The first-order chi connectivity index (χ1) is 5.81. The molecule has 2 bridgehead atoms. The normalized spacial score (nSPS) is 36.1. The summed E-state index contributed by atoms with van der Waals surface area (Å²) in [4.78, 5) is 15.0. The number of fused-ring (bicyclic) bond motifs is 2. The van der Waals surface area contributed by atoms with Crippen LogP contribution in [0.1, 0.15) is 12.8 Å². The number of piperazine rings is 1. The number of hydrogen-bond donors (Lipinski definition) is 0. The van der Waals surface area contributed by atoms with Crippen LogP contribution in [0.4, 0.5) is 0 Å². The zero-order valence-corrected chi connectivity index (χ0v) is 7.57. The van der Waals surface area contributed by atoms with E-state index in [9.17, 15) is 4.79 Å². The zero-order chi connectivity index (χ0) is 8.55. The van der Waals surface area contributed by atoms with Crippen LogP contribution in [0.2, 0.25) is 0 Å². The van der Waals surface area contributed by atoms with Crippen LogP contribution in [0, 0.1) is 0 Å². The molecular weight excluding hydrogens is 152 g/mol. The molecule has 0 aliphatic carbocycles. The number of carbonyl (C=O) groups is 1. The first kappa shape index (κ1) is 8.20. The van der Waals surface area contributed by atoms with Crippen molar-refractivity contribution in [2.24, 2.45) is 0 Å². The number of nitrogens with zero attached hydrogens (tertiary/aromatic N) is 2. The Morgan fingerprint density at radius 3 is 2.58 bits per heavy atom. The summed E-state index contributed by atoms with van der Waals surface area (Å²) in [6, 6.07) is 1.55. The van der Waals surface area contributed by atoms with Crippen molar-refractivity contribution in [3.8, 4) is 0 Å². The molecule has 3 aliphatic heterocycles. The molecule has 0 radical (unpaired) electrons. The summed E-state index contributed by atoms with van der Waals surface area (Å²) in [5.74, 6) is 0. The van der Waals surface area contributed by atoms with Crippen molar-refractivity contribution < 1.29 is 4.79 Å². The largest absolute Gasteiger partial charge is 0.303 e. The Kier molecular flexibility index (Phi) is 2.15. The fourth-order valence-electron chi connectivity index (χ4n) is 2.30. The minimum Gasteiger partial charge on any atom is -0.303 e. The summed E-state index contributed by atoms with van der Waals surface area (Å²) >= 11 is 0. The number of likely N-dealkylation sites (N-methyl/N-ethyl adjacent to an activating group) is 1. The Balaban J connectivity index is 1.79. The summed E-state index contributed by atoms with van der Waals surface area (Å²) in [5, 5.41) is 0. The molecule has 3 fully saturated rings. The quantitative estimate of drug-likeness (QED) is 0.553. The van der Waals surface area contributed by atoms with Gasteiger partial charge in [0, 0.05) is 38.1 Å². The van der Waals surface area contributed by atoms with Crippen LogP contribution < -0.4 is 0 Å². The molecular formula is C9H16N2O. The molecule has 0 aromatic rings. The lowest BCUT2D eigenvalue weighted by Crippen LogP contribution is -2.67. The molecule has 3 heteroatoms. The van der Waals surface area contributed by atoms with E-state index < -0.39 is 0 Å². The number of piperidine rings is 1. The highest BCUT2D eigenvalue weighted by molar-refractivity contribution is 5.49. The average Bonchev–Trinajstić information content (AvgIpc) is 2.14. The van der Waals surface area contributed by atoms with E-state index in [4.69, 9.17) is 0 Å². The van der Waals surface area contributed by atoms with Gasteiger partial charge in [-0.3, -0.25) is 9.80 Å². The monoisotopic (exact) mass is 168 g/mol. The first-order valence-electron chi connectivity index (χ1n) is 4.69. The van der Waals surface area contributed by atoms with Gasteiger partial charge in [0.25, 0.3) is 0 Å². The number of carbonyl (C=O) groups excluding carboxylic acids is 1. The second-order valence-corrected chi connectivity index (χ2v) is 3.92. The molecule has 68 valence electrons.